The average Bonchev–Trinajstić information content (AvgIpc) is 3.16. The van der Waals surface area contributed by atoms with Crippen molar-refractivity contribution in [2.45, 2.75) is 26.7 Å². The van der Waals surface area contributed by atoms with Crippen molar-refractivity contribution in [3.8, 4) is 0 Å². The first-order valence-corrected chi connectivity index (χ1v) is 12.5. The third-order valence-electron chi connectivity index (χ3n) is 4.90. The lowest BCUT2D eigenvalue weighted by Crippen LogP contribution is -2.47. The third-order valence-corrected chi connectivity index (χ3v) is 6.28. The number of aryl methyl sites for hydroxylation is 1. The van der Waals surface area contributed by atoms with E-state index < -0.39 is 5.97 Å². The number of hydrogen-bond acceptors (Lipinski definition) is 10. The molecule has 31 heavy (non-hydrogen) atoms. The third kappa shape index (κ3) is 6.52. The Hall–Kier alpha value is -1.95. The number of ether oxygens (including phenoxy) is 1. The van der Waals surface area contributed by atoms with E-state index in [-0.39, 0.29) is 10.8 Å². The van der Waals surface area contributed by atoms with Crippen molar-refractivity contribution in [1.29, 1.82) is 0 Å². The summed E-state index contributed by atoms with van der Waals surface area (Å²) in [7, 11) is 0. The summed E-state index contributed by atoms with van der Waals surface area (Å²) in [5, 5.41) is 13.2. The Balaban J connectivity index is 1.65. The fourth-order valence-corrected chi connectivity index (χ4v) is 4.60. The van der Waals surface area contributed by atoms with E-state index in [4.69, 9.17) is 4.74 Å². The molecule has 170 valence electrons. The second-order valence-corrected chi connectivity index (χ2v) is 9.43. The number of nitrogens with zero attached hydrogens (tertiary/aromatic N) is 5. The van der Waals surface area contributed by atoms with Gasteiger partial charge in [0.2, 0.25) is 0 Å². The summed E-state index contributed by atoms with van der Waals surface area (Å²) in [6.45, 7) is 11.1. The maximum Gasteiger partial charge on any atom is 0.347 e. The van der Waals surface area contributed by atoms with E-state index in [0.717, 1.165) is 62.4 Å². The number of anilines is 3. The maximum atomic E-state index is 11.5. The highest BCUT2D eigenvalue weighted by Gasteiger charge is 2.21. The van der Waals surface area contributed by atoms with Gasteiger partial charge in [-0.3, -0.25) is 4.90 Å². The first-order chi connectivity index (χ1) is 14.9. The molecule has 2 N–H and O–H groups in total. The van der Waals surface area contributed by atoms with Crippen LogP contribution in [-0.2, 0) is 4.74 Å². The van der Waals surface area contributed by atoms with Crippen LogP contribution in [0.4, 0.5) is 16.8 Å². The molecule has 2 aromatic rings. The molecular formula is C20H30N6O3S2. The van der Waals surface area contributed by atoms with Gasteiger partial charge in [-0.2, -0.15) is 0 Å². The molecule has 1 fully saturated rings. The van der Waals surface area contributed by atoms with Crippen molar-refractivity contribution in [2.75, 3.05) is 61.7 Å². The lowest BCUT2D eigenvalue weighted by Gasteiger charge is -2.35. The number of thiazole rings is 1. The van der Waals surface area contributed by atoms with E-state index in [1.165, 1.54) is 0 Å². The number of nitrogens with one attached hydrogen (secondary N) is 1. The molecule has 0 amide bonds. The number of aromatic carboxylic acids is 1. The van der Waals surface area contributed by atoms with Gasteiger partial charge < -0.3 is 20.1 Å². The van der Waals surface area contributed by atoms with Gasteiger partial charge in [0.05, 0.1) is 18.2 Å². The minimum atomic E-state index is -0.953. The molecule has 0 aromatic carbocycles. The van der Waals surface area contributed by atoms with Crippen LogP contribution in [0.5, 0.6) is 0 Å². The minimum absolute atomic E-state index is 0.0306. The summed E-state index contributed by atoms with van der Waals surface area (Å²) < 4.78 is 5.56. The summed E-state index contributed by atoms with van der Waals surface area (Å²) in [6.07, 6.45) is 2.04. The number of rotatable bonds is 10. The molecule has 0 saturated carbocycles. The number of thioether (sulfide) groups is 1. The summed E-state index contributed by atoms with van der Waals surface area (Å²) in [5.41, 5.74) is 0.587. The molecule has 0 spiro atoms. The average molecular weight is 467 g/mol. The molecule has 0 bridgehead atoms. The number of piperazine rings is 1. The van der Waals surface area contributed by atoms with Crippen LogP contribution in [0.2, 0.25) is 0 Å². The number of carbonyl (C=O) groups is 1. The highest BCUT2D eigenvalue weighted by atomic mass is 32.2. The Labute approximate surface area is 191 Å². The number of aromatic nitrogens is 3. The Morgan fingerprint density at radius 2 is 2.03 bits per heavy atom. The van der Waals surface area contributed by atoms with Gasteiger partial charge in [-0.25, -0.2) is 19.7 Å². The lowest BCUT2D eigenvalue weighted by atomic mass is 10.1. The minimum Gasteiger partial charge on any atom is -0.477 e. The van der Waals surface area contributed by atoms with Gasteiger partial charge in [-0.15, -0.1) is 11.8 Å². The first-order valence-electron chi connectivity index (χ1n) is 10.3. The number of hydrogen-bond donors (Lipinski definition) is 2. The van der Waals surface area contributed by atoms with Gasteiger partial charge in [0.1, 0.15) is 22.3 Å². The first kappa shape index (κ1) is 23.7. The normalized spacial score (nSPS) is 14.9. The molecular weight excluding hydrogens is 436 g/mol. The molecule has 1 aliphatic rings. The van der Waals surface area contributed by atoms with Gasteiger partial charge in [-0.05, 0) is 19.1 Å². The number of carboxylic acids is 1. The lowest BCUT2D eigenvalue weighted by molar-refractivity contribution is 0.0700. The Kier molecular flexibility index (Phi) is 8.47. The quantitative estimate of drug-likeness (QED) is 0.400. The van der Waals surface area contributed by atoms with Crippen molar-refractivity contribution in [3.05, 3.63) is 22.5 Å². The summed E-state index contributed by atoms with van der Waals surface area (Å²) in [4.78, 5) is 30.0. The molecule has 0 aliphatic carbocycles. The van der Waals surface area contributed by atoms with E-state index in [2.05, 4.69) is 30.1 Å². The zero-order chi connectivity index (χ0) is 22.4. The van der Waals surface area contributed by atoms with E-state index in [9.17, 15) is 9.90 Å². The van der Waals surface area contributed by atoms with Crippen molar-refractivity contribution >= 4 is 45.8 Å². The van der Waals surface area contributed by atoms with Crippen molar-refractivity contribution in [2.24, 2.45) is 0 Å². The molecule has 11 heteroatoms. The molecule has 2 aromatic heterocycles. The molecule has 1 saturated heterocycles. The zero-order valence-electron chi connectivity index (χ0n) is 18.4. The van der Waals surface area contributed by atoms with Crippen LogP contribution >= 0.6 is 23.1 Å². The van der Waals surface area contributed by atoms with Gasteiger partial charge >= 0.3 is 5.97 Å². The van der Waals surface area contributed by atoms with Crippen molar-refractivity contribution in [1.82, 2.24) is 19.9 Å². The molecule has 0 radical (unpaired) electrons. The predicted molar refractivity (Wildman–Crippen MR) is 126 cm³/mol. The van der Waals surface area contributed by atoms with Crippen molar-refractivity contribution < 1.29 is 14.6 Å². The van der Waals surface area contributed by atoms with Crippen LogP contribution in [0.1, 0.15) is 41.0 Å². The van der Waals surface area contributed by atoms with E-state index in [1.807, 2.05) is 33.1 Å². The Morgan fingerprint density at radius 3 is 2.65 bits per heavy atom. The predicted octanol–water partition coefficient (Wildman–Crippen LogP) is 3.27. The highest BCUT2D eigenvalue weighted by Crippen LogP contribution is 2.30. The summed E-state index contributed by atoms with van der Waals surface area (Å²) >= 11 is 2.83. The van der Waals surface area contributed by atoms with Gasteiger partial charge in [0.25, 0.3) is 0 Å². The van der Waals surface area contributed by atoms with Crippen LogP contribution in [0.15, 0.2) is 6.07 Å². The van der Waals surface area contributed by atoms with Crippen LogP contribution in [0, 0.1) is 6.92 Å². The Morgan fingerprint density at radius 1 is 1.29 bits per heavy atom. The van der Waals surface area contributed by atoms with Crippen LogP contribution in [0.25, 0.3) is 0 Å². The molecule has 0 atom stereocenters. The monoisotopic (exact) mass is 466 g/mol. The smallest absolute Gasteiger partial charge is 0.347 e. The standard InChI is InChI=1S/C20H30N6O3S2/c1-13(2)17-18(19(27)28)31-20(24-17)23-15-11-16(22-14(3)21-15)26-7-5-25(6-8-26)9-10-29-12-30-4/h11,13H,5-10,12H2,1-4H3,(H,27,28)(H,21,22,23,24). The fraction of sp³-hybridized carbons (Fsp3) is 0.600. The zero-order valence-corrected chi connectivity index (χ0v) is 20.1. The van der Waals surface area contributed by atoms with Crippen molar-refractivity contribution in [3.63, 3.8) is 0 Å². The molecule has 1 aliphatic heterocycles. The fourth-order valence-electron chi connectivity index (χ4n) is 3.35. The van der Waals surface area contributed by atoms with Gasteiger partial charge in [0, 0.05) is 38.8 Å². The topological polar surface area (TPSA) is 104 Å². The molecule has 9 nitrogen and oxygen atoms in total. The SMILES string of the molecule is CSCOCCN1CCN(c2cc(Nc3nc(C(C)C)c(C(=O)O)s3)nc(C)n2)CC1. The van der Waals surface area contributed by atoms with Crippen LogP contribution in [0.3, 0.4) is 0 Å². The summed E-state index contributed by atoms with van der Waals surface area (Å²) in [6, 6.07) is 1.90. The van der Waals surface area contributed by atoms with Crippen LogP contribution < -0.4 is 10.2 Å². The van der Waals surface area contributed by atoms with Gasteiger partial charge in [0.15, 0.2) is 5.13 Å². The van der Waals surface area contributed by atoms with E-state index >= 15 is 0 Å². The second-order valence-electron chi connectivity index (χ2n) is 7.62. The van der Waals surface area contributed by atoms with E-state index in [1.54, 1.807) is 11.8 Å². The maximum absolute atomic E-state index is 11.5. The molecule has 3 rings (SSSR count). The molecule has 3 heterocycles. The summed E-state index contributed by atoms with van der Waals surface area (Å²) in [5.74, 6) is 1.96. The Bertz CT molecular complexity index is 884. The van der Waals surface area contributed by atoms with E-state index in [0.29, 0.717) is 22.5 Å². The molecule has 0 unspecified atom stereocenters. The van der Waals surface area contributed by atoms with Crippen LogP contribution in [-0.4, -0.2) is 82.5 Å². The number of carboxylic acid groups (broad SMARTS) is 1. The highest BCUT2D eigenvalue weighted by molar-refractivity contribution is 7.98. The second kappa shape index (κ2) is 11.1. The van der Waals surface area contributed by atoms with Gasteiger partial charge in [-0.1, -0.05) is 25.2 Å². The largest absolute Gasteiger partial charge is 0.477 e.